The molecule has 0 saturated heterocycles. The molecule has 3 aromatic carbocycles. The zero-order valence-electron chi connectivity index (χ0n) is 15.6. The van der Waals surface area contributed by atoms with Gasteiger partial charge in [-0.15, -0.1) is 0 Å². The van der Waals surface area contributed by atoms with Crippen LogP contribution in [0.4, 0.5) is 11.4 Å². The fourth-order valence-corrected chi connectivity index (χ4v) is 3.85. The molecule has 3 heteroatoms. The molecule has 27 heavy (non-hydrogen) atoms. The van der Waals surface area contributed by atoms with Crippen molar-refractivity contribution in [1.82, 2.24) is 0 Å². The average Bonchev–Trinajstić information content (AvgIpc) is 3.12. The first-order chi connectivity index (χ1) is 13.3. The molecule has 1 aliphatic rings. The van der Waals surface area contributed by atoms with Gasteiger partial charge in [0.15, 0.2) is 0 Å². The third-order valence-electron chi connectivity index (χ3n) is 5.25. The van der Waals surface area contributed by atoms with E-state index in [1.807, 2.05) is 66.7 Å². The highest BCUT2D eigenvalue weighted by Gasteiger charge is 2.24. The highest BCUT2D eigenvalue weighted by atomic mass is 16.1. The van der Waals surface area contributed by atoms with Crippen molar-refractivity contribution < 1.29 is 4.79 Å². The maximum Gasteiger partial charge on any atom is 0.236 e. The van der Waals surface area contributed by atoms with Crippen LogP contribution in [0, 0.1) is 0 Å². The number of rotatable bonds is 5. The van der Waals surface area contributed by atoms with Crippen LogP contribution < -0.4 is 10.2 Å². The van der Waals surface area contributed by atoms with Gasteiger partial charge in [0, 0.05) is 24.5 Å². The maximum absolute atomic E-state index is 13.2. The molecule has 1 heterocycles. The standard InChI is InChI=1S/C24H24N2O/c1-2-26-16-15-18-13-14-21(17-22(18)26)25-24(27)23(19-9-5-3-6-10-19)20-11-7-4-8-12-20/h3-14,17,23H,2,15-16H2,1H3,(H,25,27). The smallest absolute Gasteiger partial charge is 0.236 e. The number of anilines is 2. The van der Waals surface area contributed by atoms with Crippen molar-refractivity contribution in [2.75, 3.05) is 23.3 Å². The van der Waals surface area contributed by atoms with Crippen LogP contribution in [-0.4, -0.2) is 19.0 Å². The van der Waals surface area contributed by atoms with Gasteiger partial charge in [-0.3, -0.25) is 4.79 Å². The second kappa shape index (κ2) is 7.67. The Balaban J connectivity index is 1.63. The number of hydrogen-bond acceptors (Lipinski definition) is 2. The lowest BCUT2D eigenvalue weighted by molar-refractivity contribution is -0.116. The Hall–Kier alpha value is -3.07. The third-order valence-corrected chi connectivity index (χ3v) is 5.25. The molecular formula is C24H24N2O. The molecule has 0 fully saturated rings. The number of amides is 1. The number of likely N-dealkylation sites (N-methyl/N-ethyl adjacent to an activating group) is 1. The number of carbonyl (C=O) groups excluding carboxylic acids is 1. The first-order valence-corrected chi connectivity index (χ1v) is 9.55. The van der Waals surface area contributed by atoms with Crippen molar-refractivity contribution in [2.45, 2.75) is 19.3 Å². The van der Waals surface area contributed by atoms with Gasteiger partial charge >= 0.3 is 0 Å². The van der Waals surface area contributed by atoms with Gasteiger partial charge in [0.05, 0.1) is 5.92 Å². The van der Waals surface area contributed by atoms with E-state index >= 15 is 0 Å². The Bertz CT molecular complexity index is 882. The lowest BCUT2D eigenvalue weighted by atomic mass is 9.90. The van der Waals surface area contributed by atoms with E-state index in [9.17, 15) is 4.79 Å². The predicted octanol–water partition coefficient (Wildman–Crippen LogP) is 4.84. The number of fused-ring (bicyclic) bond motifs is 1. The molecule has 0 saturated carbocycles. The van der Waals surface area contributed by atoms with Crippen LogP contribution in [0.15, 0.2) is 78.9 Å². The van der Waals surface area contributed by atoms with Crippen LogP contribution >= 0.6 is 0 Å². The second-order valence-corrected chi connectivity index (χ2v) is 6.92. The minimum atomic E-state index is -0.331. The molecule has 0 atom stereocenters. The molecule has 0 aliphatic carbocycles. The number of nitrogens with one attached hydrogen (secondary N) is 1. The molecule has 1 N–H and O–H groups in total. The van der Waals surface area contributed by atoms with E-state index in [-0.39, 0.29) is 11.8 Å². The molecule has 1 aliphatic heterocycles. The van der Waals surface area contributed by atoms with E-state index in [0.29, 0.717) is 0 Å². The van der Waals surface area contributed by atoms with Crippen molar-refractivity contribution in [3.05, 3.63) is 95.6 Å². The molecule has 4 rings (SSSR count). The van der Waals surface area contributed by atoms with E-state index in [4.69, 9.17) is 0 Å². The minimum Gasteiger partial charge on any atom is -0.371 e. The van der Waals surface area contributed by atoms with Gasteiger partial charge in [-0.2, -0.15) is 0 Å². The molecule has 136 valence electrons. The van der Waals surface area contributed by atoms with E-state index in [1.165, 1.54) is 11.3 Å². The summed E-state index contributed by atoms with van der Waals surface area (Å²) in [6, 6.07) is 26.2. The van der Waals surface area contributed by atoms with E-state index in [1.54, 1.807) is 0 Å². The Morgan fingerprint density at radius 2 is 1.59 bits per heavy atom. The Morgan fingerprint density at radius 1 is 0.963 bits per heavy atom. The van der Waals surface area contributed by atoms with Gasteiger partial charge < -0.3 is 10.2 Å². The Morgan fingerprint density at radius 3 is 2.19 bits per heavy atom. The van der Waals surface area contributed by atoms with Crippen molar-refractivity contribution in [2.24, 2.45) is 0 Å². The van der Waals surface area contributed by atoms with Gasteiger partial charge in [-0.25, -0.2) is 0 Å². The second-order valence-electron chi connectivity index (χ2n) is 6.92. The summed E-state index contributed by atoms with van der Waals surface area (Å²) >= 11 is 0. The van der Waals surface area contributed by atoms with Crippen LogP contribution in [0.3, 0.4) is 0 Å². The van der Waals surface area contributed by atoms with E-state index < -0.39 is 0 Å². The summed E-state index contributed by atoms with van der Waals surface area (Å²) < 4.78 is 0. The van der Waals surface area contributed by atoms with Crippen molar-refractivity contribution >= 4 is 17.3 Å². The Labute approximate surface area is 160 Å². The van der Waals surface area contributed by atoms with E-state index in [2.05, 4.69) is 29.3 Å². The summed E-state index contributed by atoms with van der Waals surface area (Å²) in [5, 5.41) is 3.15. The molecule has 3 aromatic rings. The maximum atomic E-state index is 13.2. The summed E-state index contributed by atoms with van der Waals surface area (Å²) in [6.07, 6.45) is 1.08. The molecule has 0 radical (unpaired) electrons. The van der Waals surface area contributed by atoms with E-state index in [0.717, 1.165) is 36.3 Å². The first-order valence-electron chi connectivity index (χ1n) is 9.55. The summed E-state index contributed by atoms with van der Waals surface area (Å²) in [4.78, 5) is 15.6. The molecule has 0 bridgehead atoms. The molecule has 0 aromatic heterocycles. The lowest BCUT2D eigenvalue weighted by Crippen LogP contribution is -2.23. The summed E-state index contributed by atoms with van der Waals surface area (Å²) in [7, 11) is 0. The van der Waals surface area contributed by atoms with Crippen LogP contribution in [0.2, 0.25) is 0 Å². The van der Waals surface area contributed by atoms with Crippen LogP contribution in [0.5, 0.6) is 0 Å². The van der Waals surface area contributed by atoms with Gasteiger partial charge in [-0.1, -0.05) is 66.7 Å². The number of hydrogen-bond donors (Lipinski definition) is 1. The molecule has 0 unspecified atom stereocenters. The SMILES string of the molecule is CCN1CCc2ccc(NC(=O)C(c3ccccc3)c3ccccc3)cc21. The normalized spacial score (nSPS) is 12.9. The largest absolute Gasteiger partial charge is 0.371 e. The minimum absolute atomic E-state index is 0.00612. The van der Waals surface area contributed by atoms with Crippen LogP contribution in [0.1, 0.15) is 29.5 Å². The topological polar surface area (TPSA) is 32.3 Å². The third kappa shape index (κ3) is 3.59. The van der Waals surface area contributed by atoms with Gasteiger partial charge in [-0.05, 0) is 42.2 Å². The lowest BCUT2D eigenvalue weighted by Gasteiger charge is -2.20. The summed E-state index contributed by atoms with van der Waals surface area (Å²) in [5.74, 6) is -0.337. The molecule has 3 nitrogen and oxygen atoms in total. The molecule has 0 spiro atoms. The first kappa shape index (κ1) is 17.3. The average molecular weight is 356 g/mol. The fourth-order valence-electron chi connectivity index (χ4n) is 3.85. The number of benzene rings is 3. The van der Waals surface area contributed by atoms with Crippen LogP contribution in [-0.2, 0) is 11.2 Å². The monoisotopic (exact) mass is 356 g/mol. The zero-order valence-corrected chi connectivity index (χ0v) is 15.6. The van der Waals surface area contributed by atoms with Gasteiger partial charge in [0.1, 0.15) is 0 Å². The highest BCUT2D eigenvalue weighted by molar-refractivity contribution is 5.98. The fraction of sp³-hybridized carbons (Fsp3) is 0.208. The number of nitrogens with zero attached hydrogens (tertiary/aromatic N) is 1. The van der Waals surface area contributed by atoms with Crippen LogP contribution in [0.25, 0.3) is 0 Å². The van der Waals surface area contributed by atoms with Gasteiger partial charge in [0.25, 0.3) is 0 Å². The highest BCUT2D eigenvalue weighted by Crippen LogP contribution is 2.32. The quantitative estimate of drug-likeness (QED) is 0.709. The zero-order chi connectivity index (χ0) is 18.6. The summed E-state index contributed by atoms with van der Waals surface area (Å²) in [5.41, 5.74) is 5.45. The molecule has 1 amide bonds. The van der Waals surface area contributed by atoms with Crippen molar-refractivity contribution in [3.63, 3.8) is 0 Å². The Kier molecular flexibility index (Phi) is 4.93. The van der Waals surface area contributed by atoms with Crippen molar-refractivity contribution in [1.29, 1.82) is 0 Å². The van der Waals surface area contributed by atoms with Gasteiger partial charge in [0.2, 0.25) is 5.91 Å². The summed E-state index contributed by atoms with van der Waals surface area (Å²) in [6.45, 7) is 4.21. The number of carbonyl (C=O) groups is 1. The predicted molar refractivity (Wildman–Crippen MR) is 111 cm³/mol. The molecular weight excluding hydrogens is 332 g/mol. The van der Waals surface area contributed by atoms with Crippen molar-refractivity contribution in [3.8, 4) is 0 Å².